The van der Waals surface area contributed by atoms with Crippen molar-refractivity contribution in [3.63, 3.8) is 0 Å². The summed E-state index contributed by atoms with van der Waals surface area (Å²) in [4.78, 5) is 0. The third-order valence-electron chi connectivity index (χ3n) is 1.43. The first-order valence-corrected chi connectivity index (χ1v) is 4.35. The van der Waals surface area contributed by atoms with Gasteiger partial charge in [0.2, 0.25) is 0 Å². The minimum Gasteiger partial charge on any atom is -0.165 e. The minimum absolute atomic E-state index is 0.358. The number of benzene rings is 1. The van der Waals surface area contributed by atoms with Crippen LogP contribution in [0.15, 0.2) is 29.3 Å². The van der Waals surface area contributed by atoms with Crippen LogP contribution in [0, 0.1) is 0 Å². The molecule has 1 rings (SSSR count). The van der Waals surface area contributed by atoms with E-state index in [9.17, 15) is 13.2 Å². The average Bonchev–Trinajstić information content (AvgIpc) is 2.07. The van der Waals surface area contributed by atoms with E-state index in [0.29, 0.717) is 10.6 Å². The van der Waals surface area contributed by atoms with E-state index < -0.39 is 11.2 Å². The van der Waals surface area contributed by atoms with E-state index in [4.69, 9.17) is 23.2 Å². The van der Waals surface area contributed by atoms with Gasteiger partial charge in [0.05, 0.1) is 0 Å². The fourth-order valence-corrected chi connectivity index (χ4v) is 1.04. The Kier molecular flexibility index (Phi) is 3.45. The van der Waals surface area contributed by atoms with Crippen LogP contribution in [-0.2, 0) is 0 Å². The molecule has 0 aliphatic rings. The zero-order valence-corrected chi connectivity index (χ0v) is 8.29. The average molecular weight is 241 g/mol. The molecule has 0 fully saturated rings. The molecule has 0 amide bonds. The summed E-state index contributed by atoms with van der Waals surface area (Å²) >= 11 is 10.6. The highest BCUT2D eigenvalue weighted by Crippen LogP contribution is 2.30. The van der Waals surface area contributed by atoms with Crippen molar-refractivity contribution < 1.29 is 13.2 Å². The fourth-order valence-electron chi connectivity index (χ4n) is 0.787. The summed E-state index contributed by atoms with van der Waals surface area (Å²) in [7, 11) is 0. The van der Waals surface area contributed by atoms with E-state index in [-0.39, 0.29) is 0 Å². The Morgan fingerprint density at radius 3 is 2.07 bits per heavy atom. The van der Waals surface area contributed by atoms with Gasteiger partial charge >= 0.3 is 6.18 Å². The fraction of sp³-hybridized carbons (Fsp3) is 0.111. The molecule has 0 saturated heterocycles. The molecule has 0 spiro atoms. The highest BCUT2D eigenvalue weighted by Gasteiger charge is 2.32. The molecule has 0 unspecified atom stereocenters. The monoisotopic (exact) mass is 240 g/mol. The molecule has 14 heavy (non-hydrogen) atoms. The molecule has 0 bridgehead atoms. The van der Waals surface area contributed by atoms with Crippen molar-refractivity contribution >= 4 is 29.3 Å². The summed E-state index contributed by atoms with van der Waals surface area (Å²) in [6.45, 7) is 0. The molecule has 0 atom stereocenters. The number of hydrogen-bond acceptors (Lipinski definition) is 0. The van der Waals surface area contributed by atoms with E-state index in [1.54, 1.807) is 0 Å². The van der Waals surface area contributed by atoms with Gasteiger partial charge in [-0.1, -0.05) is 35.3 Å². The van der Waals surface area contributed by atoms with Crippen molar-refractivity contribution in [2.75, 3.05) is 0 Å². The smallest absolute Gasteiger partial charge is 0.165 e. The quantitative estimate of drug-likeness (QED) is 0.679. The van der Waals surface area contributed by atoms with Crippen molar-refractivity contribution in [3.05, 3.63) is 39.9 Å². The first-order valence-electron chi connectivity index (χ1n) is 3.59. The molecule has 0 aliphatic carbocycles. The molecule has 0 N–H and O–H groups in total. The topological polar surface area (TPSA) is 0 Å². The van der Waals surface area contributed by atoms with Crippen molar-refractivity contribution in [3.8, 4) is 0 Å². The third-order valence-corrected chi connectivity index (χ3v) is 2.01. The molecular formula is C9H5Cl2F3. The highest BCUT2D eigenvalue weighted by atomic mass is 35.5. The van der Waals surface area contributed by atoms with Crippen LogP contribution in [0.3, 0.4) is 0 Å². The lowest BCUT2D eigenvalue weighted by atomic mass is 10.2. The Balaban J connectivity index is 2.93. The van der Waals surface area contributed by atoms with Gasteiger partial charge in [-0.3, -0.25) is 0 Å². The standard InChI is InChI=1S/C9H5Cl2F3/c10-7-3-1-6(2-4-7)5-8(11)9(12,13)14/h1-5H. The Hall–Kier alpha value is -0.670. The minimum atomic E-state index is -4.50. The summed E-state index contributed by atoms with van der Waals surface area (Å²) in [5.74, 6) is 0. The summed E-state index contributed by atoms with van der Waals surface area (Å²) in [5.41, 5.74) is 0.358. The predicted molar refractivity (Wildman–Crippen MR) is 51.3 cm³/mol. The van der Waals surface area contributed by atoms with Gasteiger partial charge in [-0.15, -0.1) is 0 Å². The maximum Gasteiger partial charge on any atom is 0.426 e. The number of halogens is 5. The molecule has 0 heterocycles. The largest absolute Gasteiger partial charge is 0.426 e. The highest BCUT2D eigenvalue weighted by molar-refractivity contribution is 6.32. The van der Waals surface area contributed by atoms with E-state index >= 15 is 0 Å². The maximum absolute atomic E-state index is 12.0. The van der Waals surface area contributed by atoms with Crippen molar-refractivity contribution in [1.29, 1.82) is 0 Å². The van der Waals surface area contributed by atoms with E-state index in [0.717, 1.165) is 6.08 Å². The normalized spacial score (nSPS) is 13.1. The van der Waals surface area contributed by atoms with Crippen LogP contribution in [-0.4, -0.2) is 6.18 Å². The molecule has 0 aliphatic heterocycles. The first kappa shape index (κ1) is 11.4. The molecule has 0 saturated carbocycles. The van der Waals surface area contributed by atoms with Crippen LogP contribution in [0.1, 0.15) is 5.56 Å². The Labute approximate surface area is 88.9 Å². The predicted octanol–water partition coefficient (Wildman–Crippen LogP) is 4.48. The summed E-state index contributed by atoms with van der Waals surface area (Å²) in [6.07, 6.45) is -3.65. The maximum atomic E-state index is 12.0. The second kappa shape index (κ2) is 4.24. The van der Waals surface area contributed by atoms with Gasteiger partial charge in [0.25, 0.3) is 0 Å². The van der Waals surface area contributed by atoms with Crippen LogP contribution in [0.2, 0.25) is 5.02 Å². The lowest BCUT2D eigenvalue weighted by molar-refractivity contribution is -0.0836. The van der Waals surface area contributed by atoms with Crippen LogP contribution in [0.5, 0.6) is 0 Å². The lowest BCUT2D eigenvalue weighted by Crippen LogP contribution is -2.06. The third kappa shape index (κ3) is 3.24. The molecule has 1 aromatic carbocycles. The van der Waals surface area contributed by atoms with Crippen molar-refractivity contribution in [2.45, 2.75) is 6.18 Å². The van der Waals surface area contributed by atoms with E-state index in [1.807, 2.05) is 0 Å². The molecule has 0 radical (unpaired) electrons. The molecule has 0 aromatic heterocycles. The number of rotatable bonds is 1. The summed E-state index contributed by atoms with van der Waals surface area (Å²) in [5, 5.41) is -0.690. The number of allylic oxidation sites excluding steroid dienone is 1. The zero-order chi connectivity index (χ0) is 10.8. The number of alkyl halides is 3. The van der Waals surface area contributed by atoms with E-state index in [1.165, 1.54) is 24.3 Å². The zero-order valence-electron chi connectivity index (χ0n) is 6.78. The van der Waals surface area contributed by atoms with Crippen LogP contribution < -0.4 is 0 Å². The van der Waals surface area contributed by atoms with Crippen LogP contribution >= 0.6 is 23.2 Å². The van der Waals surface area contributed by atoms with Gasteiger partial charge in [0.1, 0.15) is 5.03 Å². The number of hydrogen-bond donors (Lipinski definition) is 0. The Bertz CT molecular complexity index is 338. The molecule has 0 nitrogen and oxygen atoms in total. The molecular weight excluding hydrogens is 236 g/mol. The van der Waals surface area contributed by atoms with Gasteiger partial charge in [0, 0.05) is 5.02 Å². The molecule has 1 aromatic rings. The van der Waals surface area contributed by atoms with Crippen molar-refractivity contribution in [2.24, 2.45) is 0 Å². The van der Waals surface area contributed by atoms with E-state index in [2.05, 4.69) is 0 Å². The van der Waals surface area contributed by atoms with Gasteiger partial charge < -0.3 is 0 Å². The van der Waals surface area contributed by atoms with Gasteiger partial charge in [-0.25, -0.2) is 0 Å². The van der Waals surface area contributed by atoms with Gasteiger partial charge in [0.15, 0.2) is 0 Å². The van der Waals surface area contributed by atoms with Crippen LogP contribution in [0.25, 0.3) is 6.08 Å². The second-order valence-corrected chi connectivity index (χ2v) is 3.39. The first-order chi connectivity index (χ1) is 6.39. The van der Waals surface area contributed by atoms with Crippen LogP contribution in [0.4, 0.5) is 13.2 Å². The summed E-state index contributed by atoms with van der Waals surface area (Å²) in [6, 6.07) is 5.90. The molecule has 76 valence electrons. The Morgan fingerprint density at radius 2 is 1.64 bits per heavy atom. The second-order valence-electron chi connectivity index (χ2n) is 2.54. The molecule has 5 heteroatoms. The Morgan fingerprint density at radius 1 is 1.14 bits per heavy atom. The summed E-state index contributed by atoms with van der Waals surface area (Å²) < 4.78 is 36.0. The van der Waals surface area contributed by atoms with Gasteiger partial charge in [-0.05, 0) is 23.8 Å². The van der Waals surface area contributed by atoms with Crippen molar-refractivity contribution in [1.82, 2.24) is 0 Å². The van der Waals surface area contributed by atoms with Gasteiger partial charge in [-0.2, -0.15) is 13.2 Å². The lowest BCUT2D eigenvalue weighted by Gasteiger charge is -2.03. The SMILES string of the molecule is FC(F)(F)C(Cl)=Cc1ccc(Cl)cc1.